The smallest absolute Gasteiger partial charge is 0.0726 e. The zero-order chi connectivity index (χ0) is 13.7. The lowest BCUT2D eigenvalue weighted by Crippen LogP contribution is -2.27. The summed E-state index contributed by atoms with van der Waals surface area (Å²) in [4.78, 5) is 6.68. The van der Waals surface area contributed by atoms with Gasteiger partial charge >= 0.3 is 0 Å². The second kappa shape index (κ2) is 6.31. The number of aromatic nitrogens is 1. The Morgan fingerprint density at radius 1 is 1.37 bits per heavy atom. The minimum absolute atomic E-state index is 0.122. The van der Waals surface area contributed by atoms with E-state index in [2.05, 4.69) is 16.5 Å². The Bertz CT molecular complexity index is 568. The van der Waals surface area contributed by atoms with Crippen LogP contribution in [-0.4, -0.2) is 34.7 Å². The first-order chi connectivity index (χ1) is 9.24. The van der Waals surface area contributed by atoms with Crippen molar-refractivity contribution in [2.24, 2.45) is 0 Å². The van der Waals surface area contributed by atoms with Crippen LogP contribution in [0.4, 0.5) is 5.69 Å². The maximum atomic E-state index is 9.05. The van der Waals surface area contributed by atoms with Gasteiger partial charge in [-0.2, -0.15) is 0 Å². The number of hydrogen-bond donors (Lipinski definition) is 2. The van der Waals surface area contributed by atoms with Gasteiger partial charge < -0.3 is 10.8 Å². The number of para-hydroxylation sites is 1. The van der Waals surface area contributed by atoms with Crippen molar-refractivity contribution < 1.29 is 5.11 Å². The van der Waals surface area contributed by atoms with Crippen molar-refractivity contribution in [3.8, 4) is 0 Å². The summed E-state index contributed by atoms with van der Waals surface area (Å²) in [6.07, 6.45) is 1.82. The fourth-order valence-corrected chi connectivity index (χ4v) is 2.13. The molecule has 1 aromatic heterocycles. The summed E-state index contributed by atoms with van der Waals surface area (Å²) in [5.74, 6) is 0. The van der Waals surface area contributed by atoms with Crippen molar-refractivity contribution in [2.75, 3.05) is 25.4 Å². The lowest BCUT2D eigenvalue weighted by atomic mass is 10.1. The zero-order valence-corrected chi connectivity index (χ0v) is 10.9. The van der Waals surface area contributed by atoms with E-state index in [-0.39, 0.29) is 6.61 Å². The van der Waals surface area contributed by atoms with Crippen LogP contribution in [0.1, 0.15) is 5.69 Å². The monoisotopic (exact) mass is 257 g/mol. The molecule has 0 bridgehead atoms. The molecule has 4 heteroatoms. The topological polar surface area (TPSA) is 62.4 Å². The summed E-state index contributed by atoms with van der Waals surface area (Å²) in [6, 6.07) is 9.73. The number of anilines is 1. The molecule has 0 aliphatic rings. The molecule has 0 fully saturated rings. The molecule has 2 aromatic rings. The number of hydrogen-bond acceptors (Lipinski definition) is 4. The SMILES string of the molecule is C=CCN(CCO)Cc1cc(N)c2ccccc2n1. The Hall–Kier alpha value is -1.91. The maximum Gasteiger partial charge on any atom is 0.0726 e. The largest absolute Gasteiger partial charge is 0.398 e. The number of nitrogens with zero attached hydrogens (tertiary/aromatic N) is 2. The van der Waals surface area contributed by atoms with E-state index in [1.807, 2.05) is 36.4 Å². The number of nitrogen functional groups attached to an aromatic ring is 1. The molecule has 0 radical (unpaired) electrons. The first-order valence-corrected chi connectivity index (χ1v) is 6.33. The second-order valence-corrected chi connectivity index (χ2v) is 4.47. The second-order valence-electron chi connectivity index (χ2n) is 4.47. The van der Waals surface area contributed by atoms with Crippen LogP contribution in [0.15, 0.2) is 43.0 Å². The van der Waals surface area contributed by atoms with E-state index in [0.717, 1.165) is 28.8 Å². The minimum atomic E-state index is 0.122. The standard InChI is InChI=1S/C15H19N3O/c1-2-7-18(8-9-19)11-12-10-14(16)13-5-3-4-6-15(13)17-12/h2-6,10,19H,1,7-9,11H2,(H2,16,17). The van der Waals surface area contributed by atoms with E-state index < -0.39 is 0 Å². The van der Waals surface area contributed by atoms with Crippen molar-refractivity contribution >= 4 is 16.6 Å². The van der Waals surface area contributed by atoms with Gasteiger partial charge in [0.15, 0.2) is 0 Å². The maximum absolute atomic E-state index is 9.05. The van der Waals surface area contributed by atoms with Crippen molar-refractivity contribution in [1.29, 1.82) is 0 Å². The predicted molar refractivity (Wildman–Crippen MR) is 78.7 cm³/mol. The van der Waals surface area contributed by atoms with Gasteiger partial charge in [-0.1, -0.05) is 24.3 Å². The van der Waals surface area contributed by atoms with Crippen molar-refractivity contribution in [1.82, 2.24) is 9.88 Å². The number of pyridine rings is 1. The highest BCUT2D eigenvalue weighted by molar-refractivity contribution is 5.90. The predicted octanol–water partition coefficient (Wildman–Crippen LogP) is 1.80. The van der Waals surface area contributed by atoms with Gasteiger partial charge in [0.05, 0.1) is 17.8 Å². The average Bonchev–Trinajstić information content (AvgIpc) is 2.39. The van der Waals surface area contributed by atoms with Gasteiger partial charge in [-0.15, -0.1) is 6.58 Å². The molecule has 0 saturated carbocycles. The summed E-state index contributed by atoms with van der Waals surface area (Å²) in [7, 11) is 0. The number of aliphatic hydroxyl groups is 1. The molecular weight excluding hydrogens is 238 g/mol. The molecule has 2 rings (SSSR count). The van der Waals surface area contributed by atoms with Gasteiger partial charge in [0, 0.05) is 30.7 Å². The van der Waals surface area contributed by atoms with Gasteiger partial charge in [0.1, 0.15) is 0 Å². The molecule has 3 N–H and O–H groups in total. The molecule has 0 saturated heterocycles. The Kier molecular flexibility index (Phi) is 4.49. The first-order valence-electron chi connectivity index (χ1n) is 6.33. The van der Waals surface area contributed by atoms with Crippen molar-refractivity contribution in [2.45, 2.75) is 6.54 Å². The molecule has 0 aliphatic carbocycles. The van der Waals surface area contributed by atoms with Crippen molar-refractivity contribution in [3.63, 3.8) is 0 Å². The van der Waals surface area contributed by atoms with E-state index in [1.54, 1.807) is 0 Å². The summed E-state index contributed by atoms with van der Waals surface area (Å²) in [5.41, 5.74) is 8.60. The van der Waals surface area contributed by atoms with Gasteiger partial charge in [0.25, 0.3) is 0 Å². The molecule has 1 aromatic carbocycles. The van der Waals surface area contributed by atoms with E-state index in [4.69, 9.17) is 10.8 Å². The third kappa shape index (κ3) is 3.30. The van der Waals surface area contributed by atoms with Crippen LogP contribution >= 0.6 is 0 Å². The first kappa shape index (κ1) is 13.5. The molecule has 100 valence electrons. The van der Waals surface area contributed by atoms with Crippen LogP contribution in [-0.2, 0) is 6.54 Å². The van der Waals surface area contributed by atoms with E-state index in [9.17, 15) is 0 Å². The van der Waals surface area contributed by atoms with Crippen LogP contribution in [0, 0.1) is 0 Å². The summed E-state index contributed by atoms with van der Waals surface area (Å²) in [5, 5.41) is 10.0. The molecule has 1 heterocycles. The minimum Gasteiger partial charge on any atom is -0.398 e. The molecule has 4 nitrogen and oxygen atoms in total. The summed E-state index contributed by atoms with van der Waals surface area (Å²) in [6.45, 7) is 5.81. The van der Waals surface area contributed by atoms with Gasteiger partial charge in [-0.25, -0.2) is 0 Å². The number of nitrogens with two attached hydrogens (primary N) is 1. The fourth-order valence-electron chi connectivity index (χ4n) is 2.13. The molecular formula is C15H19N3O. The molecule has 19 heavy (non-hydrogen) atoms. The van der Waals surface area contributed by atoms with Gasteiger partial charge in [0.2, 0.25) is 0 Å². The number of aliphatic hydroxyl groups excluding tert-OH is 1. The molecule has 0 amide bonds. The third-order valence-corrected chi connectivity index (χ3v) is 2.99. The summed E-state index contributed by atoms with van der Waals surface area (Å²) < 4.78 is 0. The van der Waals surface area contributed by atoms with E-state index in [0.29, 0.717) is 13.1 Å². The summed E-state index contributed by atoms with van der Waals surface area (Å²) >= 11 is 0. The van der Waals surface area contributed by atoms with Crippen LogP contribution in [0.3, 0.4) is 0 Å². The molecule has 0 spiro atoms. The lowest BCUT2D eigenvalue weighted by Gasteiger charge is -2.19. The molecule has 0 unspecified atom stereocenters. The lowest BCUT2D eigenvalue weighted by molar-refractivity contribution is 0.202. The number of fused-ring (bicyclic) bond motifs is 1. The Morgan fingerprint density at radius 2 is 2.16 bits per heavy atom. The quantitative estimate of drug-likeness (QED) is 0.775. The van der Waals surface area contributed by atoms with Gasteiger partial charge in [-0.3, -0.25) is 9.88 Å². The highest BCUT2D eigenvalue weighted by Crippen LogP contribution is 2.20. The van der Waals surface area contributed by atoms with Crippen LogP contribution in [0.5, 0.6) is 0 Å². The van der Waals surface area contributed by atoms with Crippen LogP contribution in [0.2, 0.25) is 0 Å². The molecule has 0 atom stereocenters. The zero-order valence-electron chi connectivity index (χ0n) is 10.9. The van der Waals surface area contributed by atoms with Crippen LogP contribution in [0.25, 0.3) is 10.9 Å². The van der Waals surface area contributed by atoms with Crippen molar-refractivity contribution in [3.05, 3.63) is 48.7 Å². The fraction of sp³-hybridized carbons (Fsp3) is 0.267. The van der Waals surface area contributed by atoms with E-state index in [1.165, 1.54) is 0 Å². The third-order valence-electron chi connectivity index (χ3n) is 2.99. The Morgan fingerprint density at radius 3 is 2.89 bits per heavy atom. The molecule has 0 aliphatic heterocycles. The number of benzene rings is 1. The Balaban J connectivity index is 2.26. The Labute approximate surface area is 113 Å². The van der Waals surface area contributed by atoms with E-state index >= 15 is 0 Å². The highest BCUT2D eigenvalue weighted by Gasteiger charge is 2.07. The number of rotatable bonds is 6. The average molecular weight is 257 g/mol. The van der Waals surface area contributed by atoms with Crippen LogP contribution < -0.4 is 5.73 Å². The highest BCUT2D eigenvalue weighted by atomic mass is 16.3. The normalized spacial score (nSPS) is 11.1. The van der Waals surface area contributed by atoms with Gasteiger partial charge in [-0.05, 0) is 12.1 Å².